The van der Waals surface area contributed by atoms with Crippen molar-refractivity contribution in [2.24, 2.45) is 0 Å². The van der Waals surface area contributed by atoms with Crippen LogP contribution in [0.15, 0.2) is 25.9 Å². The minimum atomic E-state index is 0.836. The molecule has 2 nitrogen and oxygen atoms in total. The molecule has 0 aliphatic rings. The number of hydrogen-bond acceptors (Lipinski definition) is 3. The van der Waals surface area contributed by atoms with Gasteiger partial charge in [-0.1, -0.05) is 6.92 Å². The van der Waals surface area contributed by atoms with Gasteiger partial charge in [0.1, 0.15) is 10.4 Å². The third-order valence-electron chi connectivity index (χ3n) is 1.95. The molecule has 0 saturated carbocycles. The molecule has 0 aliphatic carbocycles. The van der Waals surface area contributed by atoms with E-state index in [1.54, 1.807) is 11.3 Å². The van der Waals surface area contributed by atoms with Gasteiger partial charge in [0.05, 0.1) is 5.69 Å². The van der Waals surface area contributed by atoms with E-state index in [9.17, 15) is 0 Å². The van der Waals surface area contributed by atoms with Crippen molar-refractivity contribution in [1.29, 1.82) is 0 Å². The normalized spacial score (nSPS) is 10.6. The fraction of sp³-hybridized carbons (Fsp3) is 0.200. The first-order valence-electron chi connectivity index (χ1n) is 4.46. The number of nitrogens with zero attached hydrogens (tertiary/aromatic N) is 2. The van der Waals surface area contributed by atoms with Gasteiger partial charge in [-0.05, 0) is 37.9 Å². The van der Waals surface area contributed by atoms with Crippen molar-refractivity contribution in [2.75, 3.05) is 0 Å². The van der Waals surface area contributed by atoms with Crippen molar-refractivity contribution >= 4 is 43.2 Å². The Balaban J connectivity index is 2.53. The van der Waals surface area contributed by atoms with Crippen LogP contribution in [0.4, 0.5) is 0 Å². The van der Waals surface area contributed by atoms with Crippen molar-refractivity contribution in [1.82, 2.24) is 9.97 Å². The molecule has 0 spiro atoms. The van der Waals surface area contributed by atoms with E-state index in [0.29, 0.717) is 0 Å². The summed E-state index contributed by atoms with van der Waals surface area (Å²) in [4.78, 5) is 8.78. The molecule has 0 radical (unpaired) electrons. The zero-order chi connectivity index (χ0) is 10.8. The van der Waals surface area contributed by atoms with Gasteiger partial charge in [0.2, 0.25) is 0 Å². The topological polar surface area (TPSA) is 25.8 Å². The van der Waals surface area contributed by atoms with Gasteiger partial charge in [-0.2, -0.15) is 11.3 Å². The number of aromatic nitrogens is 2. The Morgan fingerprint density at radius 3 is 2.67 bits per heavy atom. The van der Waals surface area contributed by atoms with Crippen LogP contribution in [0.5, 0.6) is 0 Å². The lowest BCUT2D eigenvalue weighted by molar-refractivity contribution is 0.932. The molecule has 0 atom stereocenters. The lowest BCUT2D eigenvalue weighted by Gasteiger charge is -2.02. The van der Waals surface area contributed by atoms with Gasteiger partial charge in [-0.25, -0.2) is 9.97 Å². The van der Waals surface area contributed by atoms with Crippen LogP contribution in [0.1, 0.15) is 12.7 Å². The van der Waals surface area contributed by atoms with Crippen molar-refractivity contribution in [3.8, 4) is 11.3 Å². The largest absolute Gasteiger partial charge is 0.233 e. The van der Waals surface area contributed by atoms with Gasteiger partial charge < -0.3 is 0 Å². The number of halogens is 2. The lowest BCUT2D eigenvalue weighted by atomic mass is 10.2. The molecule has 2 aromatic heterocycles. The van der Waals surface area contributed by atoms with Crippen molar-refractivity contribution < 1.29 is 0 Å². The Morgan fingerprint density at radius 2 is 2.07 bits per heavy atom. The van der Waals surface area contributed by atoms with Crippen molar-refractivity contribution in [3.63, 3.8) is 0 Å². The van der Waals surface area contributed by atoms with E-state index in [4.69, 9.17) is 0 Å². The lowest BCUT2D eigenvalue weighted by Crippen LogP contribution is -1.95. The second-order valence-corrected chi connectivity index (χ2v) is 5.39. The molecule has 0 aromatic carbocycles. The third-order valence-corrected chi connectivity index (χ3v) is 4.06. The maximum atomic E-state index is 4.49. The molecular weight excluding hydrogens is 340 g/mol. The first-order chi connectivity index (χ1) is 7.20. The Hall–Kier alpha value is -0.260. The molecule has 0 unspecified atom stereocenters. The summed E-state index contributed by atoms with van der Waals surface area (Å²) in [6, 6.07) is 1.94. The average molecular weight is 348 g/mol. The third kappa shape index (κ3) is 2.46. The molecule has 2 rings (SSSR count). The Labute approximate surface area is 109 Å². The van der Waals surface area contributed by atoms with Crippen LogP contribution in [0.3, 0.4) is 0 Å². The van der Waals surface area contributed by atoms with Crippen molar-refractivity contribution in [3.05, 3.63) is 31.7 Å². The summed E-state index contributed by atoms with van der Waals surface area (Å²) >= 11 is 8.57. The number of aryl methyl sites for hydroxylation is 1. The van der Waals surface area contributed by atoms with Gasteiger partial charge >= 0.3 is 0 Å². The number of hydrogen-bond donors (Lipinski definition) is 0. The minimum Gasteiger partial charge on any atom is -0.233 e. The number of rotatable bonds is 2. The monoisotopic (exact) mass is 346 g/mol. The Bertz CT molecular complexity index is 482. The predicted octanol–water partition coefficient (Wildman–Crippen LogP) is 4.29. The number of thiophene rings is 1. The maximum Gasteiger partial charge on any atom is 0.130 e. The van der Waals surface area contributed by atoms with Crippen LogP contribution in [0.25, 0.3) is 11.3 Å². The molecule has 78 valence electrons. The molecule has 0 N–H and O–H groups in total. The standard InChI is InChI=1S/C10H8Br2N2S/c1-2-10-13-8(3-9(12)14-10)6-4-15-5-7(6)11/h3-5H,2H2,1H3. The van der Waals surface area contributed by atoms with E-state index in [-0.39, 0.29) is 0 Å². The molecular formula is C10H8Br2N2S. The Kier molecular flexibility index (Phi) is 3.53. The Morgan fingerprint density at radius 1 is 1.27 bits per heavy atom. The summed E-state index contributed by atoms with van der Waals surface area (Å²) in [5.74, 6) is 0.859. The first-order valence-corrected chi connectivity index (χ1v) is 6.99. The van der Waals surface area contributed by atoms with E-state index < -0.39 is 0 Å². The summed E-state index contributed by atoms with van der Waals surface area (Å²) in [5, 5.41) is 4.13. The minimum absolute atomic E-state index is 0.836. The summed E-state index contributed by atoms with van der Waals surface area (Å²) in [5.41, 5.74) is 2.08. The quantitative estimate of drug-likeness (QED) is 0.757. The van der Waals surface area contributed by atoms with Crippen LogP contribution in [-0.4, -0.2) is 9.97 Å². The molecule has 5 heteroatoms. The fourth-order valence-corrected chi connectivity index (χ4v) is 3.14. The smallest absolute Gasteiger partial charge is 0.130 e. The van der Waals surface area contributed by atoms with Gasteiger partial charge in [0.15, 0.2) is 0 Å². The molecule has 2 aromatic rings. The highest BCUT2D eigenvalue weighted by Gasteiger charge is 2.08. The summed E-state index contributed by atoms with van der Waals surface area (Å²) < 4.78 is 1.92. The zero-order valence-electron chi connectivity index (χ0n) is 8.00. The predicted molar refractivity (Wildman–Crippen MR) is 70.1 cm³/mol. The van der Waals surface area contributed by atoms with E-state index in [2.05, 4.69) is 52.6 Å². The zero-order valence-corrected chi connectivity index (χ0v) is 12.0. The average Bonchev–Trinajstić information content (AvgIpc) is 2.63. The first kappa shape index (κ1) is 11.2. The maximum absolute atomic E-state index is 4.49. The van der Waals surface area contributed by atoms with Gasteiger partial charge in [0.25, 0.3) is 0 Å². The van der Waals surface area contributed by atoms with E-state index in [1.807, 2.05) is 13.0 Å². The van der Waals surface area contributed by atoms with Crippen LogP contribution in [0, 0.1) is 0 Å². The fourth-order valence-electron chi connectivity index (χ4n) is 1.23. The molecule has 0 fully saturated rings. The van der Waals surface area contributed by atoms with E-state index >= 15 is 0 Å². The SMILES string of the molecule is CCc1nc(Br)cc(-c2cscc2Br)n1. The molecule has 15 heavy (non-hydrogen) atoms. The van der Waals surface area contributed by atoms with Gasteiger partial charge in [-0.15, -0.1) is 0 Å². The highest BCUT2D eigenvalue weighted by Crippen LogP contribution is 2.31. The van der Waals surface area contributed by atoms with Gasteiger partial charge in [-0.3, -0.25) is 0 Å². The van der Waals surface area contributed by atoms with Gasteiger partial charge in [0, 0.05) is 27.2 Å². The molecule has 0 bridgehead atoms. The second-order valence-electron chi connectivity index (χ2n) is 2.98. The van der Waals surface area contributed by atoms with Crippen molar-refractivity contribution in [2.45, 2.75) is 13.3 Å². The second kappa shape index (κ2) is 4.72. The van der Waals surface area contributed by atoms with Crippen LogP contribution >= 0.6 is 43.2 Å². The van der Waals surface area contributed by atoms with E-state index in [0.717, 1.165) is 32.6 Å². The van der Waals surface area contributed by atoms with Crippen LogP contribution < -0.4 is 0 Å². The molecule has 0 aliphatic heterocycles. The molecule has 0 amide bonds. The van der Waals surface area contributed by atoms with Crippen LogP contribution in [0.2, 0.25) is 0 Å². The highest BCUT2D eigenvalue weighted by molar-refractivity contribution is 9.10. The highest BCUT2D eigenvalue weighted by atomic mass is 79.9. The van der Waals surface area contributed by atoms with E-state index in [1.165, 1.54) is 0 Å². The summed E-state index contributed by atoms with van der Waals surface area (Å²) in [7, 11) is 0. The summed E-state index contributed by atoms with van der Waals surface area (Å²) in [6.07, 6.45) is 0.841. The summed E-state index contributed by atoms with van der Waals surface area (Å²) in [6.45, 7) is 2.05. The molecule has 0 saturated heterocycles. The molecule has 2 heterocycles. The van der Waals surface area contributed by atoms with Crippen LogP contribution in [-0.2, 0) is 6.42 Å².